The van der Waals surface area contributed by atoms with E-state index in [1.54, 1.807) is 0 Å². The van der Waals surface area contributed by atoms with Crippen molar-refractivity contribution in [1.29, 1.82) is 0 Å². The first-order valence-electron chi connectivity index (χ1n) is 14.3. The third kappa shape index (κ3) is 9.54. The SMILES string of the molecule is CC(C)C1=[C-]CC(C(C)C)=C1.Cc1ccc2c(c1)[cH-]c1cc(C)ccc12.[Cl-].[Cl-].[Zr+2]=[C](c1ccccc1)c1ccccc1. The molecule has 0 N–H and O–H groups in total. The van der Waals surface area contributed by atoms with Crippen molar-refractivity contribution >= 4 is 24.8 Å². The topological polar surface area (TPSA) is 0 Å². The molecule has 1 aliphatic rings. The molecule has 0 bridgehead atoms. The Hall–Kier alpha value is -2.44. The second-order valence-corrected chi connectivity index (χ2v) is 12.5. The van der Waals surface area contributed by atoms with E-state index in [0.717, 1.165) is 6.42 Å². The van der Waals surface area contributed by atoms with E-state index in [4.69, 9.17) is 0 Å². The summed E-state index contributed by atoms with van der Waals surface area (Å²) in [5, 5.41) is 5.46. The Labute approximate surface area is 280 Å². The van der Waals surface area contributed by atoms with Crippen LogP contribution in [0.4, 0.5) is 0 Å². The van der Waals surface area contributed by atoms with Gasteiger partial charge in [0.15, 0.2) is 0 Å². The van der Waals surface area contributed by atoms with Crippen LogP contribution in [0.25, 0.3) is 21.5 Å². The molecule has 6 rings (SSSR count). The minimum atomic E-state index is 0. The summed E-state index contributed by atoms with van der Waals surface area (Å²) < 4.78 is 1.42. The first-order valence-corrected chi connectivity index (χ1v) is 15.5. The number of rotatable bonds is 4. The van der Waals surface area contributed by atoms with Gasteiger partial charge < -0.3 is 24.8 Å². The number of hydrogen-bond acceptors (Lipinski definition) is 0. The predicted octanol–water partition coefficient (Wildman–Crippen LogP) is 4.50. The third-order valence-electron chi connectivity index (χ3n) is 7.34. The average Bonchev–Trinajstić information content (AvgIpc) is 3.59. The Morgan fingerprint density at radius 2 is 1.12 bits per heavy atom. The molecule has 0 spiro atoms. The number of halogens is 2. The van der Waals surface area contributed by atoms with Crippen LogP contribution in [0.3, 0.4) is 0 Å². The van der Waals surface area contributed by atoms with Crippen LogP contribution >= 0.6 is 0 Å². The molecule has 42 heavy (non-hydrogen) atoms. The number of allylic oxidation sites excluding steroid dienone is 4. The van der Waals surface area contributed by atoms with Gasteiger partial charge in [0.05, 0.1) is 0 Å². The minimum absolute atomic E-state index is 0. The summed E-state index contributed by atoms with van der Waals surface area (Å²) in [7, 11) is 0. The quantitative estimate of drug-likeness (QED) is 0.248. The van der Waals surface area contributed by atoms with Crippen molar-refractivity contribution in [2.45, 2.75) is 48.0 Å². The molecule has 0 amide bonds. The van der Waals surface area contributed by atoms with E-state index in [1.165, 1.54) is 82.4 Å². The fraction of sp³-hybridized carbons (Fsp3) is 0.231. The molecule has 0 atom stereocenters. The monoisotopic (exact) mass is 668 g/mol. The van der Waals surface area contributed by atoms with Gasteiger partial charge in [-0.15, -0.1) is 46.2 Å². The normalized spacial score (nSPS) is 12.0. The van der Waals surface area contributed by atoms with E-state index in [9.17, 15) is 0 Å². The van der Waals surface area contributed by atoms with Crippen LogP contribution in [0.1, 0.15) is 56.4 Å². The molecule has 0 radical (unpaired) electrons. The Morgan fingerprint density at radius 3 is 1.48 bits per heavy atom. The van der Waals surface area contributed by atoms with Crippen molar-refractivity contribution in [2.75, 3.05) is 0 Å². The molecular weight excluding hydrogens is 631 g/mol. The first-order chi connectivity index (χ1) is 19.2. The molecule has 0 heterocycles. The summed E-state index contributed by atoms with van der Waals surface area (Å²) >= 11 is 1.46. The van der Waals surface area contributed by atoms with Gasteiger partial charge in [-0.1, -0.05) is 69.0 Å². The second-order valence-electron chi connectivity index (χ2n) is 11.3. The summed E-state index contributed by atoms with van der Waals surface area (Å²) in [4.78, 5) is 0. The number of fused-ring (bicyclic) bond motifs is 3. The van der Waals surface area contributed by atoms with Crippen molar-refractivity contribution in [3.63, 3.8) is 0 Å². The molecule has 5 aromatic carbocycles. The Bertz CT molecular complexity index is 1540. The molecule has 0 nitrogen and oxygen atoms in total. The summed E-state index contributed by atoms with van der Waals surface area (Å²) in [5.41, 5.74) is 8.25. The van der Waals surface area contributed by atoms with E-state index in [-0.39, 0.29) is 24.8 Å². The van der Waals surface area contributed by atoms with Gasteiger partial charge in [0.1, 0.15) is 0 Å². The van der Waals surface area contributed by atoms with Crippen molar-refractivity contribution < 1.29 is 49.0 Å². The Morgan fingerprint density at radius 1 is 0.667 bits per heavy atom. The predicted molar refractivity (Wildman–Crippen MR) is 172 cm³/mol. The molecule has 5 aromatic rings. The Kier molecular flexibility index (Phi) is 14.5. The fourth-order valence-corrected chi connectivity index (χ4v) is 5.70. The first kappa shape index (κ1) is 35.8. The standard InChI is InChI=1S/C15H13.C13H10.C11H17.2ClH.Zr/c1-10-3-5-14-12(7-10)9-13-8-11(2)4-6-15(13)14;1-3-7-12(8-4-1)11-13-9-5-2-6-10-13;1-8(2)10-5-6-11(7-10)9(3)4;;;/h3-9H,1-2H3;1-10H;7-9H,5H2,1-4H3;2*1H;/q-1;;-1;;;+2/p-2. The molecule has 0 aliphatic heterocycles. The number of benzene rings is 4. The van der Waals surface area contributed by atoms with E-state index in [0.29, 0.717) is 11.8 Å². The third-order valence-corrected chi connectivity index (χ3v) is 8.76. The van der Waals surface area contributed by atoms with Gasteiger partial charge in [0.25, 0.3) is 0 Å². The fourth-order valence-electron chi connectivity index (χ4n) is 4.89. The van der Waals surface area contributed by atoms with Crippen LogP contribution in [0.15, 0.2) is 120 Å². The summed E-state index contributed by atoms with van der Waals surface area (Å²) in [6.45, 7) is 13.2. The molecule has 0 aromatic heterocycles. The van der Waals surface area contributed by atoms with Crippen molar-refractivity contribution in [2.24, 2.45) is 11.8 Å². The van der Waals surface area contributed by atoms with Gasteiger partial charge in [-0.2, -0.15) is 5.57 Å². The molecule has 1 aliphatic carbocycles. The van der Waals surface area contributed by atoms with E-state index < -0.39 is 0 Å². The molecule has 0 fully saturated rings. The van der Waals surface area contributed by atoms with Crippen LogP contribution in [0, 0.1) is 31.8 Å². The zero-order valence-electron chi connectivity index (χ0n) is 25.5. The van der Waals surface area contributed by atoms with Gasteiger partial charge in [0, 0.05) is 0 Å². The summed E-state index contributed by atoms with van der Waals surface area (Å²) in [5.74, 6) is 1.34. The molecule has 3 heteroatoms. The van der Waals surface area contributed by atoms with Crippen LogP contribution in [-0.2, 0) is 24.2 Å². The molecule has 0 unspecified atom stereocenters. The molecule has 0 saturated carbocycles. The van der Waals surface area contributed by atoms with Crippen molar-refractivity contribution in [3.05, 3.63) is 149 Å². The van der Waals surface area contributed by atoms with Crippen molar-refractivity contribution in [3.8, 4) is 0 Å². The van der Waals surface area contributed by atoms with Crippen molar-refractivity contribution in [1.82, 2.24) is 0 Å². The van der Waals surface area contributed by atoms with E-state index in [2.05, 4.69) is 157 Å². The van der Waals surface area contributed by atoms with Gasteiger partial charge in [0.2, 0.25) is 0 Å². The molecule has 0 saturated heterocycles. The van der Waals surface area contributed by atoms with Gasteiger partial charge in [-0.3, -0.25) is 6.08 Å². The molecule has 216 valence electrons. The van der Waals surface area contributed by atoms with Gasteiger partial charge in [-0.05, 0) is 19.8 Å². The Balaban J connectivity index is 0.000000218. The van der Waals surface area contributed by atoms with Gasteiger partial charge >= 0.3 is 99.2 Å². The maximum atomic E-state index is 3.41. The van der Waals surface area contributed by atoms with Crippen LogP contribution in [-0.4, -0.2) is 3.21 Å². The summed E-state index contributed by atoms with van der Waals surface area (Å²) in [6, 6.07) is 36.7. The zero-order chi connectivity index (χ0) is 28.6. The zero-order valence-corrected chi connectivity index (χ0v) is 29.5. The molecular formula is C39H40Cl2Zr-2. The van der Waals surface area contributed by atoms with Crippen LogP contribution in [0.2, 0.25) is 0 Å². The second kappa shape index (κ2) is 17.0. The number of aryl methyl sites for hydroxylation is 2. The van der Waals surface area contributed by atoms with Crippen LogP contribution < -0.4 is 24.8 Å². The van der Waals surface area contributed by atoms with Gasteiger partial charge in [-0.25, -0.2) is 11.6 Å². The summed E-state index contributed by atoms with van der Waals surface area (Å²) in [6.07, 6.45) is 6.79. The average molecular weight is 671 g/mol. The number of hydrogen-bond donors (Lipinski definition) is 0. The maximum absolute atomic E-state index is 3.41. The van der Waals surface area contributed by atoms with E-state index >= 15 is 0 Å². The van der Waals surface area contributed by atoms with Crippen LogP contribution in [0.5, 0.6) is 0 Å². The van der Waals surface area contributed by atoms with E-state index in [1.807, 2.05) is 0 Å².